The van der Waals surface area contributed by atoms with Gasteiger partial charge >= 0.3 is 0 Å². The molecule has 1 unspecified atom stereocenters. The molecule has 0 heterocycles. The molecular weight excluding hydrogens is 132 g/mol. The topological polar surface area (TPSA) is 0 Å². The number of hydrogen-bond acceptors (Lipinski definition) is 0. The molecule has 0 spiro atoms. The Bertz CT molecular complexity index is 80.6. The molecule has 1 saturated carbocycles. The fourth-order valence-electron chi connectivity index (χ4n) is 1.45. The predicted octanol–water partition coefficient (Wildman–Crippen LogP) is 3.01. The molecule has 1 fully saturated rings. The summed E-state index contributed by atoms with van der Waals surface area (Å²) in [6.45, 7) is 2.24. The largest absolute Gasteiger partial charge is 0.126 e. The number of halogens is 1. The van der Waals surface area contributed by atoms with Gasteiger partial charge in [0, 0.05) is 5.88 Å². The van der Waals surface area contributed by atoms with E-state index in [0.29, 0.717) is 0 Å². The second kappa shape index (κ2) is 3.46. The van der Waals surface area contributed by atoms with Crippen LogP contribution < -0.4 is 0 Å². The molecule has 9 heavy (non-hydrogen) atoms. The molecular formula is C8H14Cl. The molecule has 0 saturated heterocycles. The molecule has 53 valence electrons. The molecule has 1 rings (SSSR count). The molecule has 0 aromatic carbocycles. The van der Waals surface area contributed by atoms with Crippen molar-refractivity contribution in [3.8, 4) is 0 Å². The Morgan fingerprint density at radius 1 is 1.56 bits per heavy atom. The van der Waals surface area contributed by atoms with Crippen molar-refractivity contribution in [2.24, 2.45) is 5.92 Å². The summed E-state index contributed by atoms with van der Waals surface area (Å²) >= 11 is 5.75. The summed E-state index contributed by atoms with van der Waals surface area (Å²) in [4.78, 5) is 0. The van der Waals surface area contributed by atoms with Crippen molar-refractivity contribution in [2.45, 2.75) is 32.6 Å². The zero-order chi connectivity index (χ0) is 6.69. The lowest BCUT2D eigenvalue weighted by molar-refractivity contribution is 0.427. The Morgan fingerprint density at radius 2 is 2.33 bits per heavy atom. The van der Waals surface area contributed by atoms with Crippen molar-refractivity contribution in [1.82, 2.24) is 0 Å². The molecule has 0 N–H and O–H groups in total. The van der Waals surface area contributed by atoms with Crippen LogP contribution in [0.25, 0.3) is 0 Å². The summed E-state index contributed by atoms with van der Waals surface area (Å²) in [5, 5.41) is 0. The van der Waals surface area contributed by atoms with Gasteiger partial charge in [0.15, 0.2) is 0 Å². The van der Waals surface area contributed by atoms with E-state index in [1.807, 2.05) is 0 Å². The molecule has 0 nitrogen and oxygen atoms in total. The van der Waals surface area contributed by atoms with E-state index >= 15 is 0 Å². The maximum Gasteiger partial charge on any atom is 0.0257 e. The first-order chi connectivity index (χ1) is 4.34. The van der Waals surface area contributed by atoms with E-state index in [4.69, 9.17) is 11.6 Å². The number of hydrogen-bond donors (Lipinski definition) is 0. The standard InChI is InChI=1S/C8H14Cl/c1-7-4-2-3-5-8(7)6-9/h8H,2-6H2,1H3. The van der Waals surface area contributed by atoms with E-state index < -0.39 is 0 Å². The van der Waals surface area contributed by atoms with Crippen molar-refractivity contribution in [1.29, 1.82) is 0 Å². The molecule has 0 aliphatic heterocycles. The smallest absolute Gasteiger partial charge is 0.0257 e. The Kier molecular flexibility index (Phi) is 2.84. The monoisotopic (exact) mass is 145 g/mol. The molecule has 1 radical (unpaired) electrons. The molecule has 1 atom stereocenters. The van der Waals surface area contributed by atoms with Gasteiger partial charge in [0.05, 0.1) is 0 Å². The van der Waals surface area contributed by atoms with Crippen molar-refractivity contribution in [2.75, 3.05) is 5.88 Å². The van der Waals surface area contributed by atoms with E-state index in [0.717, 1.165) is 11.8 Å². The van der Waals surface area contributed by atoms with Gasteiger partial charge in [-0.15, -0.1) is 11.6 Å². The van der Waals surface area contributed by atoms with Gasteiger partial charge in [0.25, 0.3) is 0 Å². The molecule has 0 aromatic heterocycles. The first-order valence-corrected chi connectivity index (χ1v) is 4.26. The second-order valence-corrected chi connectivity index (χ2v) is 3.25. The van der Waals surface area contributed by atoms with Crippen LogP contribution in [0.15, 0.2) is 0 Å². The van der Waals surface area contributed by atoms with Gasteiger partial charge in [-0.25, -0.2) is 0 Å². The third kappa shape index (κ3) is 1.86. The lowest BCUT2D eigenvalue weighted by Crippen LogP contribution is -2.15. The molecule has 0 bridgehead atoms. The van der Waals surface area contributed by atoms with Crippen LogP contribution >= 0.6 is 11.6 Å². The number of alkyl halides is 1. The van der Waals surface area contributed by atoms with Crippen molar-refractivity contribution in [3.05, 3.63) is 5.92 Å². The van der Waals surface area contributed by atoms with E-state index in [1.165, 1.54) is 25.7 Å². The molecule has 1 aliphatic rings. The molecule has 1 aliphatic carbocycles. The van der Waals surface area contributed by atoms with Crippen LogP contribution in [-0.2, 0) is 0 Å². The Balaban J connectivity index is 2.30. The van der Waals surface area contributed by atoms with Crippen molar-refractivity contribution in [3.63, 3.8) is 0 Å². The molecule has 0 aromatic rings. The van der Waals surface area contributed by atoms with Crippen LogP contribution in [0.1, 0.15) is 32.6 Å². The van der Waals surface area contributed by atoms with Gasteiger partial charge in [0.2, 0.25) is 0 Å². The van der Waals surface area contributed by atoms with Crippen molar-refractivity contribution >= 4 is 11.6 Å². The second-order valence-electron chi connectivity index (χ2n) is 2.94. The SMILES string of the molecule is C[C]1CCCCC1CCl. The average molecular weight is 146 g/mol. The summed E-state index contributed by atoms with van der Waals surface area (Å²) in [5.74, 6) is 3.20. The van der Waals surface area contributed by atoms with Crippen LogP contribution in [0.3, 0.4) is 0 Å². The third-order valence-electron chi connectivity index (χ3n) is 2.26. The third-order valence-corrected chi connectivity index (χ3v) is 2.63. The van der Waals surface area contributed by atoms with Gasteiger partial charge in [0.1, 0.15) is 0 Å². The number of rotatable bonds is 1. The minimum absolute atomic E-state index is 0.736. The summed E-state index contributed by atoms with van der Waals surface area (Å²) in [5.41, 5.74) is 0. The lowest BCUT2D eigenvalue weighted by atomic mass is 9.82. The Hall–Kier alpha value is 0.290. The summed E-state index contributed by atoms with van der Waals surface area (Å²) in [6.07, 6.45) is 5.42. The van der Waals surface area contributed by atoms with Crippen molar-refractivity contribution < 1.29 is 0 Å². The first kappa shape index (κ1) is 7.40. The highest BCUT2D eigenvalue weighted by molar-refractivity contribution is 6.18. The van der Waals surface area contributed by atoms with Crippen LogP contribution in [0.5, 0.6) is 0 Å². The fraction of sp³-hybridized carbons (Fsp3) is 0.875. The van der Waals surface area contributed by atoms with E-state index in [9.17, 15) is 0 Å². The highest BCUT2D eigenvalue weighted by Crippen LogP contribution is 2.31. The first-order valence-electron chi connectivity index (χ1n) is 3.73. The van der Waals surface area contributed by atoms with Crippen LogP contribution in [0.4, 0.5) is 0 Å². The molecule has 1 heteroatoms. The van der Waals surface area contributed by atoms with Gasteiger partial charge in [-0.1, -0.05) is 19.8 Å². The summed E-state index contributed by atoms with van der Waals surface area (Å²) < 4.78 is 0. The Labute approximate surface area is 62.6 Å². The lowest BCUT2D eigenvalue weighted by Gasteiger charge is -2.25. The van der Waals surface area contributed by atoms with E-state index in [-0.39, 0.29) is 0 Å². The van der Waals surface area contributed by atoms with Gasteiger partial charge in [-0.05, 0) is 24.7 Å². The minimum atomic E-state index is 0.736. The average Bonchev–Trinajstić information content (AvgIpc) is 1.89. The zero-order valence-corrected chi connectivity index (χ0v) is 6.75. The minimum Gasteiger partial charge on any atom is -0.126 e. The van der Waals surface area contributed by atoms with Gasteiger partial charge in [-0.3, -0.25) is 0 Å². The molecule has 0 amide bonds. The van der Waals surface area contributed by atoms with E-state index in [2.05, 4.69) is 6.92 Å². The maximum atomic E-state index is 5.75. The summed E-state index contributed by atoms with van der Waals surface area (Å²) in [6, 6.07) is 0. The van der Waals surface area contributed by atoms with E-state index in [1.54, 1.807) is 5.92 Å². The maximum absolute atomic E-state index is 5.75. The van der Waals surface area contributed by atoms with Gasteiger partial charge in [-0.2, -0.15) is 0 Å². The normalized spacial score (nSPS) is 30.7. The Morgan fingerprint density at radius 3 is 2.78 bits per heavy atom. The highest BCUT2D eigenvalue weighted by Gasteiger charge is 2.19. The predicted molar refractivity (Wildman–Crippen MR) is 41.6 cm³/mol. The quantitative estimate of drug-likeness (QED) is 0.498. The van der Waals surface area contributed by atoms with Crippen LogP contribution in [0, 0.1) is 11.8 Å². The fourth-order valence-corrected chi connectivity index (χ4v) is 1.87. The van der Waals surface area contributed by atoms with Crippen LogP contribution in [-0.4, -0.2) is 5.88 Å². The van der Waals surface area contributed by atoms with Gasteiger partial charge < -0.3 is 0 Å². The zero-order valence-electron chi connectivity index (χ0n) is 5.99. The van der Waals surface area contributed by atoms with Crippen LogP contribution in [0.2, 0.25) is 0 Å². The summed E-state index contributed by atoms with van der Waals surface area (Å²) in [7, 11) is 0. The highest BCUT2D eigenvalue weighted by atomic mass is 35.5.